The van der Waals surface area contributed by atoms with Gasteiger partial charge in [-0.25, -0.2) is 0 Å². The monoisotopic (exact) mass is 669 g/mol. The van der Waals surface area contributed by atoms with Gasteiger partial charge in [-0.3, -0.25) is 24.0 Å². The molecule has 0 bridgehead atoms. The van der Waals surface area contributed by atoms with Gasteiger partial charge in [-0.1, -0.05) is 66.7 Å². The fourth-order valence-corrected chi connectivity index (χ4v) is 5.04. The third-order valence-electron chi connectivity index (χ3n) is 7.87. The highest BCUT2D eigenvalue weighted by Gasteiger charge is 2.29. The highest BCUT2D eigenvalue weighted by atomic mass is 16.2. The molecule has 0 aliphatic rings. The fourth-order valence-electron chi connectivity index (χ4n) is 5.04. The number of carbonyl (C=O) groups excluding carboxylic acids is 5. The van der Waals surface area contributed by atoms with Crippen molar-refractivity contribution in [2.24, 2.45) is 11.5 Å². The van der Waals surface area contributed by atoms with Crippen LogP contribution in [0.5, 0.6) is 0 Å². The summed E-state index contributed by atoms with van der Waals surface area (Å²) >= 11 is 0. The van der Waals surface area contributed by atoms with Crippen LogP contribution in [0.25, 0.3) is 0 Å². The van der Waals surface area contributed by atoms with Crippen LogP contribution in [0.1, 0.15) is 67.1 Å². The Balaban J connectivity index is 1.75. The van der Waals surface area contributed by atoms with Crippen LogP contribution in [0.4, 0.5) is 5.69 Å². The molecule has 0 spiro atoms. The van der Waals surface area contributed by atoms with Crippen LogP contribution >= 0.6 is 0 Å². The second-order valence-electron chi connectivity index (χ2n) is 12.2. The third kappa shape index (κ3) is 12.5. The number of ketones is 1. The minimum absolute atomic E-state index is 0.104. The van der Waals surface area contributed by atoms with Crippen molar-refractivity contribution in [3.8, 4) is 0 Å². The molecule has 260 valence electrons. The number of anilines is 1. The summed E-state index contributed by atoms with van der Waals surface area (Å²) in [7, 11) is 0. The number of nitrogens with two attached hydrogens (primary N) is 3. The van der Waals surface area contributed by atoms with Crippen LogP contribution in [0, 0.1) is 0 Å². The molecule has 49 heavy (non-hydrogen) atoms. The first-order valence-electron chi connectivity index (χ1n) is 16.2. The van der Waals surface area contributed by atoms with Crippen molar-refractivity contribution < 1.29 is 24.0 Å². The lowest BCUT2D eigenvalue weighted by molar-refractivity contribution is -0.133. The number of hydrogen-bond donors (Lipinski definition) is 7. The van der Waals surface area contributed by atoms with E-state index in [1.807, 2.05) is 19.9 Å². The van der Waals surface area contributed by atoms with E-state index in [9.17, 15) is 24.0 Å². The first-order chi connectivity index (χ1) is 23.3. The maximum atomic E-state index is 13.7. The third-order valence-corrected chi connectivity index (χ3v) is 7.87. The highest BCUT2D eigenvalue weighted by Crippen LogP contribution is 2.14. The molecule has 10 N–H and O–H groups in total. The van der Waals surface area contributed by atoms with Crippen LogP contribution in [0.2, 0.25) is 0 Å². The Hall–Kier alpha value is -5.65. The lowest BCUT2D eigenvalue weighted by atomic mass is 9.99. The summed E-state index contributed by atoms with van der Waals surface area (Å²) in [6.07, 6.45) is 1.64. The molecule has 4 amide bonds. The van der Waals surface area contributed by atoms with Gasteiger partial charge < -0.3 is 38.5 Å². The standard InChI is InChI=1S/C37H47N7O5/c1-23(2)34(39)41-20-8-7-11-30(36(48)44-31(35(40)47)21-26-14-18-29(38)19-15-26)43-37(49)32(42-24(3)45)22-25-12-16-28(17-13-25)33(46)27-9-5-4-6-10-27/h4-6,9-10,12-19,30-32,41H,7-8,11,20-22,38-39H2,1-3H3,(H2,40,47)(H,42,45)(H,43,49)(H,44,48). The first kappa shape index (κ1) is 37.8. The van der Waals surface area contributed by atoms with E-state index in [0.29, 0.717) is 47.6 Å². The van der Waals surface area contributed by atoms with Crippen LogP contribution < -0.4 is 38.5 Å². The number of amides is 4. The van der Waals surface area contributed by atoms with Gasteiger partial charge in [-0.15, -0.1) is 0 Å². The van der Waals surface area contributed by atoms with Crippen molar-refractivity contribution in [1.82, 2.24) is 21.3 Å². The fraction of sp³-hybridized carbons (Fsp3) is 0.324. The van der Waals surface area contributed by atoms with Crippen LogP contribution in [0.3, 0.4) is 0 Å². The van der Waals surface area contributed by atoms with E-state index < -0.39 is 41.8 Å². The van der Waals surface area contributed by atoms with Gasteiger partial charge in [-0.05, 0) is 61.9 Å². The molecule has 0 fully saturated rings. The van der Waals surface area contributed by atoms with Crippen molar-refractivity contribution in [1.29, 1.82) is 0 Å². The molecule has 3 atom stereocenters. The Kier molecular flexibility index (Phi) is 14.4. The quantitative estimate of drug-likeness (QED) is 0.0605. The van der Waals surface area contributed by atoms with Crippen molar-refractivity contribution in [3.63, 3.8) is 0 Å². The summed E-state index contributed by atoms with van der Waals surface area (Å²) in [6, 6.07) is 19.4. The van der Waals surface area contributed by atoms with Gasteiger partial charge in [-0.2, -0.15) is 0 Å². The largest absolute Gasteiger partial charge is 0.399 e. The molecule has 0 radical (unpaired) electrons. The Labute approximate surface area is 287 Å². The van der Waals surface area contributed by atoms with Crippen LogP contribution in [0.15, 0.2) is 90.3 Å². The molecule has 0 heterocycles. The van der Waals surface area contributed by atoms with E-state index >= 15 is 0 Å². The maximum Gasteiger partial charge on any atom is 0.243 e. The van der Waals surface area contributed by atoms with E-state index in [0.717, 1.165) is 11.1 Å². The predicted octanol–water partition coefficient (Wildman–Crippen LogP) is 2.21. The van der Waals surface area contributed by atoms with E-state index in [4.69, 9.17) is 17.2 Å². The summed E-state index contributed by atoms with van der Waals surface area (Å²) in [5.41, 5.74) is 21.4. The van der Waals surface area contributed by atoms with Crippen molar-refractivity contribution >= 4 is 35.1 Å². The first-order valence-corrected chi connectivity index (χ1v) is 16.2. The molecule has 12 nitrogen and oxygen atoms in total. The topological polar surface area (TPSA) is 212 Å². The van der Waals surface area contributed by atoms with Crippen molar-refractivity contribution in [3.05, 3.63) is 113 Å². The van der Waals surface area contributed by atoms with Crippen LogP contribution in [-0.4, -0.2) is 54.1 Å². The van der Waals surface area contributed by atoms with Crippen molar-refractivity contribution in [2.45, 2.75) is 71.0 Å². The summed E-state index contributed by atoms with van der Waals surface area (Å²) in [5.74, 6) is -1.90. The van der Waals surface area contributed by atoms with E-state index in [2.05, 4.69) is 21.3 Å². The smallest absolute Gasteiger partial charge is 0.243 e. The van der Waals surface area contributed by atoms with Crippen LogP contribution in [-0.2, 0) is 32.0 Å². The van der Waals surface area contributed by atoms with E-state index in [1.165, 1.54) is 6.92 Å². The van der Waals surface area contributed by atoms with Gasteiger partial charge in [0.1, 0.15) is 18.1 Å². The number of nitrogens with one attached hydrogen (secondary N) is 4. The Morgan fingerprint density at radius 1 is 0.633 bits per heavy atom. The predicted molar refractivity (Wildman–Crippen MR) is 190 cm³/mol. The highest BCUT2D eigenvalue weighted by molar-refractivity contribution is 6.09. The number of allylic oxidation sites excluding steroid dienone is 1. The molecular formula is C37H47N7O5. The number of benzene rings is 3. The van der Waals surface area contributed by atoms with Gasteiger partial charge in [0.2, 0.25) is 23.6 Å². The number of primary amides is 1. The molecular weight excluding hydrogens is 622 g/mol. The summed E-state index contributed by atoms with van der Waals surface area (Å²) in [4.78, 5) is 64.6. The maximum absolute atomic E-state index is 13.7. The van der Waals surface area contributed by atoms with Gasteiger partial charge in [0.05, 0.1) is 5.82 Å². The number of carbonyl (C=O) groups is 5. The molecule has 12 heteroatoms. The van der Waals surface area contributed by atoms with Gasteiger partial charge >= 0.3 is 0 Å². The minimum atomic E-state index is -1.04. The lowest BCUT2D eigenvalue weighted by Gasteiger charge is -2.25. The SMILES string of the molecule is CC(=O)NC(Cc1ccc(C(=O)c2ccccc2)cc1)C(=O)NC(CCCCNC(N)=C(C)C)C(=O)NC(Cc1ccc(N)cc1)C(N)=O. The number of rotatable bonds is 18. The molecule has 3 aromatic rings. The second-order valence-corrected chi connectivity index (χ2v) is 12.2. The summed E-state index contributed by atoms with van der Waals surface area (Å²) < 4.78 is 0. The van der Waals surface area contributed by atoms with Gasteiger partial charge in [0.15, 0.2) is 5.78 Å². The normalized spacial score (nSPS) is 12.5. The van der Waals surface area contributed by atoms with Gasteiger partial charge in [0, 0.05) is 43.1 Å². The second kappa shape index (κ2) is 18.6. The molecule has 0 saturated heterocycles. The lowest BCUT2D eigenvalue weighted by Crippen LogP contribution is -2.57. The summed E-state index contributed by atoms with van der Waals surface area (Å²) in [6.45, 7) is 5.63. The number of nitrogen functional groups attached to an aromatic ring is 1. The Morgan fingerprint density at radius 3 is 1.73 bits per heavy atom. The minimum Gasteiger partial charge on any atom is -0.399 e. The van der Waals surface area contributed by atoms with Gasteiger partial charge in [0.25, 0.3) is 0 Å². The number of unbranched alkanes of at least 4 members (excludes halogenated alkanes) is 1. The molecule has 3 unspecified atom stereocenters. The zero-order chi connectivity index (χ0) is 35.9. The number of hydrogen-bond acceptors (Lipinski definition) is 8. The average Bonchev–Trinajstić information content (AvgIpc) is 3.07. The summed E-state index contributed by atoms with van der Waals surface area (Å²) in [5, 5.41) is 11.3. The van der Waals surface area contributed by atoms with Crippen molar-refractivity contribution in [2.75, 3.05) is 12.3 Å². The Morgan fingerprint density at radius 2 is 1.16 bits per heavy atom. The molecule has 0 aliphatic heterocycles. The molecule has 3 rings (SSSR count). The molecule has 0 aromatic heterocycles. The molecule has 0 saturated carbocycles. The zero-order valence-electron chi connectivity index (χ0n) is 28.3. The van der Waals surface area contributed by atoms with E-state index in [-0.39, 0.29) is 25.0 Å². The Bertz CT molecular complexity index is 1620. The zero-order valence-corrected chi connectivity index (χ0v) is 28.3. The molecule has 3 aromatic carbocycles. The average molecular weight is 670 g/mol. The molecule has 0 aliphatic carbocycles. The van der Waals surface area contributed by atoms with E-state index in [1.54, 1.807) is 72.8 Å².